The molecule has 0 atom stereocenters. The van der Waals surface area contributed by atoms with Crippen molar-refractivity contribution in [1.82, 2.24) is 0 Å². The van der Waals surface area contributed by atoms with Crippen LogP contribution in [0.25, 0.3) is 0 Å². The molecule has 3 nitrogen and oxygen atoms in total. The van der Waals surface area contributed by atoms with Gasteiger partial charge in [-0.1, -0.05) is 65.3 Å². The molecule has 0 bridgehead atoms. The summed E-state index contributed by atoms with van der Waals surface area (Å²) < 4.78 is 0. The minimum atomic E-state index is -0.344. The number of carbonyl (C=O) groups excluding carboxylic acids is 3. The summed E-state index contributed by atoms with van der Waals surface area (Å²) in [6, 6.07) is 7.24. The predicted molar refractivity (Wildman–Crippen MR) is 94.7 cm³/mol. The maximum atomic E-state index is 11.9. The Kier molecular flexibility index (Phi) is 10.5. The van der Waals surface area contributed by atoms with Crippen molar-refractivity contribution in [3.8, 4) is 0 Å². The van der Waals surface area contributed by atoms with Crippen molar-refractivity contribution >= 4 is 17.3 Å². The molecule has 0 spiro atoms. The summed E-state index contributed by atoms with van der Waals surface area (Å²) in [6.45, 7) is 9.81. The average Bonchev–Trinajstić information content (AvgIpc) is 2.53. The molecule has 0 aliphatic heterocycles. The molecular formula is C20H28O3. The van der Waals surface area contributed by atoms with Gasteiger partial charge in [0.05, 0.1) is 6.42 Å². The highest BCUT2D eigenvalue weighted by Crippen LogP contribution is 2.08. The van der Waals surface area contributed by atoms with Crippen molar-refractivity contribution in [2.75, 3.05) is 0 Å². The van der Waals surface area contributed by atoms with Crippen molar-refractivity contribution in [1.29, 1.82) is 0 Å². The fraction of sp³-hybridized carbons (Fsp3) is 0.450. The molecule has 0 heterocycles. The first-order valence-electron chi connectivity index (χ1n) is 8.22. The van der Waals surface area contributed by atoms with Gasteiger partial charge in [-0.3, -0.25) is 14.4 Å². The van der Waals surface area contributed by atoms with Crippen LogP contribution in [0.4, 0.5) is 0 Å². The Balaban J connectivity index is 0.00000149. The van der Waals surface area contributed by atoms with E-state index in [1.165, 1.54) is 18.6 Å². The van der Waals surface area contributed by atoms with E-state index >= 15 is 0 Å². The second-order valence-electron chi connectivity index (χ2n) is 5.71. The zero-order chi connectivity index (χ0) is 17.8. The van der Waals surface area contributed by atoms with Gasteiger partial charge in [0.25, 0.3) is 0 Å². The van der Waals surface area contributed by atoms with Crippen LogP contribution in [0.5, 0.6) is 0 Å². The molecule has 1 aromatic rings. The monoisotopic (exact) mass is 316 g/mol. The number of benzene rings is 1. The highest BCUT2D eigenvalue weighted by atomic mass is 16.1. The second kappa shape index (κ2) is 11.5. The van der Waals surface area contributed by atoms with Crippen molar-refractivity contribution < 1.29 is 14.4 Å². The van der Waals surface area contributed by atoms with Gasteiger partial charge in [-0.05, 0) is 24.1 Å². The van der Waals surface area contributed by atoms with Gasteiger partial charge >= 0.3 is 0 Å². The van der Waals surface area contributed by atoms with E-state index in [1.54, 1.807) is 26.0 Å². The minimum Gasteiger partial charge on any atom is -0.295 e. The lowest BCUT2D eigenvalue weighted by atomic mass is 10.0. The molecule has 1 aromatic carbocycles. The minimum absolute atomic E-state index is 0.113. The lowest BCUT2D eigenvalue weighted by Gasteiger charge is -2.01. The van der Waals surface area contributed by atoms with Crippen LogP contribution in [0.3, 0.4) is 0 Å². The smallest absolute Gasteiger partial charge is 0.170 e. The Hall–Kier alpha value is -2.03. The molecule has 0 saturated carbocycles. The zero-order valence-corrected chi connectivity index (χ0v) is 14.9. The van der Waals surface area contributed by atoms with Crippen LogP contribution in [0.1, 0.15) is 63.4 Å². The van der Waals surface area contributed by atoms with Crippen LogP contribution < -0.4 is 0 Å². The lowest BCUT2D eigenvalue weighted by Crippen LogP contribution is -2.08. The molecule has 0 saturated heterocycles. The molecule has 0 aromatic heterocycles. The average molecular weight is 316 g/mol. The largest absolute Gasteiger partial charge is 0.295 e. The zero-order valence-electron chi connectivity index (χ0n) is 14.9. The fourth-order valence-corrected chi connectivity index (χ4v) is 1.61. The number of aryl methyl sites for hydroxylation is 1. The van der Waals surface area contributed by atoms with Gasteiger partial charge in [0.1, 0.15) is 0 Å². The first-order chi connectivity index (χ1) is 10.8. The third-order valence-electron chi connectivity index (χ3n) is 3.02. The molecule has 0 radical (unpaired) electrons. The summed E-state index contributed by atoms with van der Waals surface area (Å²) in [7, 11) is 0. The van der Waals surface area contributed by atoms with Crippen LogP contribution in [-0.4, -0.2) is 17.3 Å². The van der Waals surface area contributed by atoms with E-state index in [4.69, 9.17) is 0 Å². The molecule has 0 aliphatic rings. The van der Waals surface area contributed by atoms with Crippen molar-refractivity contribution in [3.63, 3.8) is 0 Å². The molecule has 1 rings (SSSR count). The molecule has 0 fully saturated rings. The number of hydrogen-bond donors (Lipinski definition) is 0. The third-order valence-corrected chi connectivity index (χ3v) is 3.02. The number of Topliss-reactive ketones (excluding diaryl/α,β-unsaturated/α-hetero) is 1. The Morgan fingerprint density at radius 1 is 0.957 bits per heavy atom. The number of ketones is 3. The summed E-state index contributed by atoms with van der Waals surface area (Å²) in [6.07, 6.45) is 4.40. The summed E-state index contributed by atoms with van der Waals surface area (Å²) in [5.41, 5.74) is 1.68. The molecule has 0 amide bonds. The van der Waals surface area contributed by atoms with Crippen LogP contribution in [0.2, 0.25) is 0 Å². The number of hydrogen-bond acceptors (Lipinski definition) is 3. The van der Waals surface area contributed by atoms with Crippen LogP contribution in [0, 0.1) is 5.92 Å². The molecule has 23 heavy (non-hydrogen) atoms. The van der Waals surface area contributed by atoms with Crippen LogP contribution in [0.15, 0.2) is 36.4 Å². The van der Waals surface area contributed by atoms with Gasteiger partial charge in [0.15, 0.2) is 17.3 Å². The SMILES string of the molecule is CCC.CCc1ccc(C(=O)CC(=O)/C=C\C(=O)C(C)C)cc1. The summed E-state index contributed by atoms with van der Waals surface area (Å²) in [5, 5.41) is 0. The van der Waals surface area contributed by atoms with Crippen LogP contribution >= 0.6 is 0 Å². The van der Waals surface area contributed by atoms with Gasteiger partial charge in [-0.25, -0.2) is 0 Å². The summed E-state index contributed by atoms with van der Waals surface area (Å²) in [4.78, 5) is 34.9. The first-order valence-corrected chi connectivity index (χ1v) is 8.22. The van der Waals surface area contributed by atoms with Crippen molar-refractivity contribution in [2.24, 2.45) is 5.92 Å². The Morgan fingerprint density at radius 2 is 1.48 bits per heavy atom. The number of rotatable bonds is 7. The fourth-order valence-electron chi connectivity index (χ4n) is 1.61. The van der Waals surface area contributed by atoms with E-state index in [1.807, 2.05) is 19.1 Å². The van der Waals surface area contributed by atoms with Gasteiger partial charge in [-0.15, -0.1) is 0 Å². The summed E-state index contributed by atoms with van der Waals surface area (Å²) in [5.74, 6) is -0.822. The van der Waals surface area contributed by atoms with E-state index < -0.39 is 0 Å². The van der Waals surface area contributed by atoms with E-state index in [9.17, 15) is 14.4 Å². The molecule has 0 N–H and O–H groups in total. The topological polar surface area (TPSA) is 51.2 Å². The second-order valence-corrected chi connectivity index (χ2v) is 5.71. The van der Waals surface area contributed by atoms with E-state index in [0.29, 0.717) is 5.56 Å². The Labute approximate surface area is 139 Å². The van der Waals surface area contributed by atoms with Crippen LogP contribution in [-0.2, 0) is 16.0 Å². The molecule has 0 aliphatic carbocycles. The highest BCUT2D eigenvalue weighted by Gasteiger charge is 2.10. The van der Waals surface area contributed by atoms with E-state index in [2.05, 4.69) is 13.8 Å². The van der Waals surface area contributed by atoms with Gasteiger partial charge in [-0.2, -0.15) is 0 Å². The normalized spacial score (nSPS) is 10.3. The Morgan fingerprint density at radius 3 is 1.91 bits per heavy atom. The Bertz CT molecular complexity index is 537. The summed E-state index contributed by atoms with van der Waals surface area (Å²) >= 11 is 0. The molecule has 0 unspecified atom stereocenters. The maximum absolute atomic E-state index is 11.9. The third kappa shape index (κ3) is 8.87. The number of carbonyl (C=O) groups is 3. The van der Waals surface area contributed by atoms with Gasteiger partial charge in [0.2, 0.25) is 0 Å². The first kappa shape index (κ1) is 21.0. The molecule has 126 valence electrons. The maximum Gasteiger partial charge on any atom is 0.170 e. The molecule has 3 heteroatoms. The van der Waals surface area contributed by atoms with Crippen molar-refractivity contribution in [2.45, 2.75) is 53.9 Å². The predicted octanol–water partition coefficient (Wildman–Crippen LogP) is 4.59. The standard InChI is InChI=1S/C17H20O3.C3H8/c1-4-13-5-7-14(8-6-13)17(20)11-15(18)9-10-16(19)12(2)3;1-3-2/h5-10,12H,4,11H2,1-3H3;3H2,1-2H3/b10-9-;. The quantitative estimate of drug-likeness (QED) is 0.420. The molecular weight excluding hydrogens is 288 g/mol. The van der Waals surface area contributed by atoms with E-state index in [-0.39, 0.29) is 29.7 Å². The van der Waals surface area contributed by atoms with E-state index in [0.717, 1.165) is 12.0 Å². The highest BCUT2D eigenvalue weighted by molar-refractivity contribution is 6.12. The van der Waals surface area contributed by atoms with Crippen molar-refractivity contribution in [3.05, 3.63) is 47.5 Å². The van der Waals surface area contributed by atoms with Gasteiger partial charge in [0, 0.05) is 11.5 Å². The lowest BCUT2D eigenvalue weighted by molar-refractivity contribution is -0.118. The van der Waals surface area contributed by atoms with Gasteiger partial charge < -0.3 is 0 Å². The number of allylic oxidation sites excluding steroid dienone is 2.